The fourth-order valence-electron chi connectivity index (χ4n) is 1.90. The van der Waals surface area contributed by atoms with Crippen LogP contribution in [-0.4, -0.2) is 30.9 Å². The van der Waals surface area contributed by atoms with Crippen LogP contribution in [0.3, 0.4) is 0 Å². The zero-order valence-corrected chi connectivity index (χ0v) is 12.1. The molecule has 0 unspecified atom stereocenters. The Balaban J connectivity index is 1.93. The monoisotopic (exact) mass is 292 g/mol. The van der Waals surface area contributed by atoms with Crippen LogP contribution < -0.4 is 10.2 Å². The Morgan fingerprint density at radius 1 is 1.25 bits per heavy atom. The average Bonchev–Trinajstić information content (AvgIpc) is 2.96. The van der Waals surface area contributed by atoms with Crippen molar-refractivity contribution in [2.75, 3.05) is 13.7 Å². The van der Waals surface area contributed by atoms with Gasteiger partial charge in [-0.2, -0.15) is 0 Å². The Morgan fingerprint density at radius 2 is 2.10 bits per heavy atom. The number of hydrogen-bond acceptors (Lipinski definition) is 5. The van der Waals surface area contributed by atoms with Crippen molar-refractivity contribution in [3.05, 3.63) is 46.2 Å². The van der Waals surface area contributed by atoms with Gasteiger partial charge in [-0.15, -0.1) is 11.3 Å². The smallest absolute Gasteiger partial charge is 0.488 e. The summed E-state index contributed by atoms with van der Waals surface area (Å²) in [5, 5.41) is 20.7. The van der Waals surface area contributed by atoms with Gasteiger partial charge >= 0.3 is 7.12 Å². The molecule has 0 saturated carbocycles. The highest BCUT2D eigenvalue weighted by Crippen LogP contribution is 2.13. The molecule has 0 aliphatic rings. The summed E-state index contributed by atoms with van der Waals surface area (Å²) in [4.78, 5) is 1.28. The van der Waals surface area contributed by atoms with Gasteiger partial charge in [0.05, 0.1) is 20.3 Å². The molecule has 0 atom stereocenters. The zero-order chi connectivity index (χ0) is 14.4. The molecule has 0 amide bonds. The summed E-state index contributed by atoms with van der Waals surface area (Å²) in [5.74, 6) is 0.672. The van der Waals surface area contributed by atoms with E-state index in [1.54, 1.807) is 36.6 Å². The lowest BCUT2D eigenvalue weighted by Gasteiger charge is -2.11. The molecule has 0 radical (unpaired) electrons. The van der Waals surface area contributed by atoms with E-state index in [4.69, 9.17) is 9.47 Å². The van der Waals surface area contributed by atoms with Gasteiger partial charge in [-0.25, -0.2) is 0 Å². The lowest BCUT2D eigenvalue weighted by Crippen LogP contribution is -2.33. The van der Waals surface area contributed by atoms with E-state index in [9.17, 15) is 10.0 Å². The predicted molar refractivity (Wildman–Crippen MR) is 80.5 cm³/mol. The molecular formula is C14H17BO4S. The molecule has 2 aromatic rings. The van der Waals surface area contributed by atoms with E-state index in [1.807, 2.05) is 11.4 Å². The Kier molecular flexibility index (Phi) is 5.61. The van der Waals surface area contributed by atoms with Crippen molar-refractivity contribution in [3.63, 3.8) is 0 Å². The highest BCUT2D eigenvalue weighted by Gasteiger charge is 2.16. The molecule has 0 spiro atoms. The fourth-order valence-corrected chi connectivity index (χ4v) is 2.59. The van der Waals surface area contributed by atoms with Crippen LogP contribution in [-0.2, 0) is 17.8 Å². The topological polar surface area (TPSA) is 58.9 Å². The Labute approximate surface area is 122 Å². The van der Waals surface area contributed by atoms with Crippen molar-refractivity contribution in [2.45, 2.75) is 13.0 Å². The minimum absolute atomic E-state index is 0.329. The van der Waals surface area contributed by atoms with Crippen LogP contribution in [0.2, 0.25) is 0 Å². The largest absolute Gasteiger partial charge is 0.497 e. The maximum atomic E-state index is 9.34. The van der Waals surface area contributed by atoms with Crippen LogP contribution in [0.4, 0.5) is 0 Å². The van der Waals surface area contributed by atoms with Crippen LogP contribution >= 0.6 is 11.3 Å². The van der Waals surface area contributed by atoms with E-state index in [-0.39, 0.29) is 0 Å². The van der Waals surface area contributed by atoms with Crippen LogP contribution in [0.5, 0.6) is 5.75 Å². The molecule has 0 bridgehead atoms. The highest BCUT2D eigenvalue weighted by molar-refractivity contribution is 7.09. The first-order valence-corrected chi connectivity index (χ1v) is 7.21. The van der Waals surface area contributed by atoms with Crippen LogP contribution in [0.25, 0.3) is 0 Å². The second kappa shape index (κ2) is 7.45. The molecule has 2 N–H and O–H groups in total. The quantitative estimate of drug-likeness (QED) is 0.594. The molecule has 0 aliphatic heterocycles. The first-order valence-electron chi connectivity index (χ1n) is 6.34. The highest BCUT2D eigenvalue weighted by atomic mass is 32.1. The van der Waals surface area contributed by atoms with Crippen molar-refractivity contribution >= 4 is 23.9 Å². The summed E-state index contributed by atoms with van der Waals surface area (Å²) in [6, 6.07) is 9.19. The van der Waals surface area contributed by atoms with E-state index in [0.717, 1.165) is 12.0 Å². The number of thiophene rings is 1. The third-order valence-corrected chi connectivity index (χ3v) is 3.89. The molecule has 0 fully saturated rings. The molecule has 106 valence electrons. The lowest BCUT2D eigenvalue weighted by atomic mass is 9.77. The summed E-state index contributed by atoms with van der Waals surface area (Å²) in [6.07, 6.45) is 0.860. The van der Waals surface area contributed by atoms with Gasteiger partial charge in [-0.3, -0.25) is 0 Å². The Morgan fingerprint density at radius 3 is 2.75 bits per heavy atom. The van der Waals surface area contributed by atoms with Gasteiger partial charge in [0.15, 0.2) is 0 Å². The summed E-state index contributed by atoms with van der Waals surface area (Å²) in [5.41, 5.74) is 1.17. The van der Waals surface area contributed by atoms with Crippen LogP contribution in [0, 0.1) is 0 Å². The first-order chi connectivity index (χ1) is 9.70. The molecule has 1 aromatic heterocycles. The van der Waals surface area contributed by atoms with Gasteiger partial charge in [0, 0.05) is 11.3 Å². The van der Waals surface area contributed by atoms with E-state index < -0.39 is 7.12 Å². The molecule has 20 heavy (non-hydrogen) atoms. The molecular weight excluding hydrogens is 275 g/mol. The van der Waals surface area contributed by atoms with Gasteiger partial charge in [0.25, 0.3) is 0 Å². The third-order valence-electron chi connectivity index (χ3n) is 2.96. The Hall–Kier alpha value is -1.34. The fraction of sp³-hybridized carbons (Fsp3) is 0.286. The number of rotatable bonds is 7. The molecule has 2 rings (SSSR count). The molecule has 1 heterocycles. The number of methoxy groups -OCH3 is 1. The number of benzene rings is 1. The van der Waals surface area contributed by atoms with Gasteiger partial charge in [0.1, 0.15) is 5.75 Å². The third kappa shape index (κ3) is 4.08. The minimum atomic E-state index is -1.50. The maximum absolute atomic E-state index is 9.34. The molecule has 0 saturated heterocycles. The zero-order valence-electron chi connectivity index (χ0n) is 11.3. The van der Waals surface area contributed by atoms with Crippen molar-refractivity contribution in [1.29, 1.82) is 0 Å². The standard InChI is InChI=1S/C14H17BO4S/c1-18-12-4-5-14(15(16)17)11(9-12)10-19-7-6-13-3-2-8-20-13/h2-5,8-9,16-17H,6-7,10H2,1H3. The first kappa shape index (κ1) is 15.1. The molecule has 1 aromatic carbocycles. The summed E-state index contributed by atoms with van der Waals surface area (Å²) in [6.45, 7) is 0.925. The maximum Gasteiger partial charge on any atom is 0.488 e. The SMILES string of the molecule is COc1ccc(B(O)O)c(COCCc2cccs2)c1. The molecule has 6 heteroatoms. The normalized spacial score (nSPS) is 10.6. The van der Waals surface area contributed by atoms with E-state index >= 15 is 0 Å². The summed E-state index contributed by atoms with van der Waals surface area (Å²) >= 11 is 1.70. The molecule has 4 nitrogen and oxygen atoms in total. The lowest BCUT2D eigenvalue weighted by molar-refractivity contribution is 0.124. The second-order valence-electron chi connectivity index (χ2n) is 4.32. The number of hydrogen-bond donors (Lipinski definition) is 2. The van der Waals surface area contributed by atoms with Crippen molar-refractivity contribution in [3.8, 4) is 5.75 Å². The summed E-state index contributed by atoms with van der Waals surface area (Å²) in [7, 11) is 0.0722. The van der Waals surface area contributed by atoms with Crippen LogP contribution in [0.15, 0.2) is 35.7 Å². The Bertz CT molecular complexity index is 528. The van der Waals surface area contributed by atoms with E-state index in [2.05, 4.69) is 6.07 Å². The second-order valence-corrected chi connectivity index (χ2v) is 5.35. The van der Waals surface area contributed by atoms with Crippen molar-refractivity contribution < 1.29 is 19.5 Å². The van der Waals surface area contributed by atoms with E-state index in [1.165, 1.54) is 4.88 Å². The van der Waals surface area contributed by atoms with Crippen molar-refractivity contribution in [2.24, 2.45) is 0 Å². The average molecular weight is 292 g/mol. The van der Waals surface area contributed by atoms with Gasteiger partial charge in [-0.05, 0) is 34.6 Å². The predicted octanol–water partition coefficient (Wildman–Crippen LogP) is 1.20. The van der Waals surface area contributed by atoms with Gasteiger partial charge < -0.3 is 19.5 Å². The number of ether oxygens (including phenoxy) is 2. The van der Waals surface area contributed by atoms with Gasteiger partial charge in [-0.1, -0.05) is 12.1 Å². The van der Waals surface area contributed by atoms with E-state index in [0.29, 0.717) is 24.4 Å². The summed E-state index contributed by atoms with van der Waals surface area (Å²) < 4.78 is 10.7. The van der Waals surface area contributed by atoms with Gasteiger partial charge in [0.2, 0.25) is 0 Å². The molecule has 0 aliphatic carbocycles. The van der Waals surface area contributed by atoms with Crippen molar-refractivity contribution in [1.82, 2.24) is 0 Å². The van der Waals surface area contributed by atoms with Crippen LogP contribution in [0.1, 0.15) is 10.4 Å². The minimum Gasteiger partial charge on any atom is -0.497 e.